The molecule has 0 N–H and O–H groups in total. The van der Waals surface area contributed by atoms with E-state index in [0.717, 1.165) is 12.3 Å². The van der Waals surface area contributed by atoms with Gasteiger partial charge in [-0.25, -0.2) is 8.42 Å². The van der Waals surface area contributed by atoms with E-state index in [9.17, 15) is 26.9 Å². The summed E-state index contributed by atoms with van der Waals surface area (Å²) < 4.78 is 54.7. The Hall–Kier alpha value is -1.76. The molecule has 0 spiro atoms. The molecule has 0 unspecified atom stereocenters. The zero-order valence-corrected chi connectivity index (χ0v) is 20.0. The van der Waals surface area contributed by atoms with Gasteiger partial charge in [0.05, 0.1) is 33.6 Å². The molecule has 176 valence electrons. The number of hydrogen-bond donors (Lipinski definition) is 0. The topological polar surface area (TPSA) is 127 Å². The minimum absolute atomic E-state index is 0.0680. The van der Waals surface area contributed by atoms with Crippen LogP contribution in [0.3, 0.4) is 0 Å². The first-order valence-corrected chi connectivity index (χ1v) is 13.5. The molecule has 1 heterocycles. The number of rotatable bonds is 10. The van der Waals surface area contributed by atoms with Gasteiger partial charge in [0.15, 0.2) is 9.84 Å². The normalized spacial score (nSPS) is 16.4. The molecule has 10 nitrogen and oxygen atoms in total. The van der Waals surface area contributed by atoms with Gasteiger partial charge in [0.25, 0.3) is 15.8 Å². The van der Waals surface area contributed by atoms with Crippen molar-refractivity contribution in [1.82, 2.24) is 4.90 Å². The van der Waals surface area contributed by atoms with Crippen LogP contribution in [0.5, 0.6) is 0 Å². The molecule has 0 amide bonds. The molecular weight excluding hydrogens is 446 g/mol. The van der Waals surface area contributed by atoms with E-state index in [-0.39, 0.29) is 23.7 Å². The van der Waals surface area contributed by atoms with Crippen molar-refractivity contribution in [2.24, 2.45) is 0 Å². The zero-order chi connectivity index (χ0) is 23.4. The van der Waals surface area contributed by atoms with Gasteiger partial charge < -0.3 is 9.80 Å². The first-order valence-electron chi connectivity index (χ1n) is 10.2. The summed E-state index contributed by atoms with van der Waals surface area (Å²) in [5, 5.41) is 10.8. The molecule has 1 aliphatic rings. The minimum Gasteiger partial charge on any atom is -0.368 e. The number of nitrogens with zero attached hydrogens (tertiary/aromatic N) is 3. The Bertz CT molecular complexity index is 1000. The maximum absolute atomic E-state index is 13.6. The summed E-state index contributed by atoms with van der Waals surface area (Å²) in [6.45, 7) is 5.24. The lowest BCUT2D eigenvalue weighted by atomic mass is 10.1. The SMILES string of the molecule is CCCN(CCOS(C)(=O)=O)c1c(C)cc([N+](=O)[O-])cc1S(=O)(=O)C1CCN(C)CC1. The Morgan fingerprint density at radius 2 is 1.81 bits per heavy atom. The van der Waals surface area contributed by atoms with Gasteiger partial charge in [0.2, 0.25) is 0 Å². The van der Waals surface area contributed by atoms with Crippen LogP contribution in [0.4, 0.5) is 11.4 Å². The van der Waals surface area contributed by atoms with Crippen LogP contribution in [0.25, 0.3) is 0 Å². The maximum Gasteiger partial charge on any atom is 0.271 e. The summed E-state index contributed by atoms with van der Waals surface area (Å²) in [4.78, 5) is 14.6. The fraction of sp³-hybridized carbons (Fsp3) is 0.684. The van der Waals surface area contributed by atoms with E-state index in [1.54, 1.807) is 11.8 Å². The van der Waals surface area contributed by atoms with Crippen molar-refractivity contribution in [1.29, 1.82) is 0 Å². The van der Waals surface area contributed by atoms with Crippen molar-refractivity contribution in [3.8, 4) is 0 Å². The van der Waals surface area contributed by atoms with E-state index in [1.807, 2.05) is 14.0 Å². The lowest BCUT2D eigenvalue weighted by Gasteiger charge is -2.32. The summed E-state index contributed by atoms with van der Waals surface area (Å²) >= 11 is 0. The van der Waals surface area contributed by atoms with Gasteiger partial charge in [-0.2, -0.15) is 8.42 Å². The van der Waals surface area contributed by atoms with Gasteiger partial charge >= 0.3 is 0 Å². The number of nitro groups is 1. The van der Waals surface area contributed by atoms with E-state index in [1.165, 1.54) is 6.07 Å². The molecule has 1 aromatic carbocycles. The third-order valence-electron chi connectivity index (χ3n) is 5.34. The molecule has 1 fully saturated rings. The molecule has 31 heavy (non-hydrogen) atoms. The van der Waals surface area contributed by atoms with Crippen molar-refractivity contribution in [3.63, 3.8) is 0 Å². The third kappa shape index (κ3) is 6.61. The van der Waals surface area contributed by atoms with Crippen molar-refractivity contribution in [2.45, 2.75) is 43.3 Å². The molecular formula is C19H31N3O7S2. The average molecular weight is 478 g/mol. The number of piperidine rings is 1. The highest BCUT2D eigenvalue weighted by Gasteiger charge is 2.35. The predicted octanol–water partition coefficient (Wildman–Crippen LogP) is 1.96. The quantitative estimate of drug-likeness (QED) is 0.282. The molecule has 12 heteroatoms. The highest BCUT2D eigenvalue weighted by Crippen LogP contribution is 2.37. The van der Waals surface area contributed by atoms with Gasteiger partial charge in [0.1, 0.15) is 0 Å². The van der Waals surface area contributed by atoms with Gasteiger partial charge in [-0.15, -0.1) is 0 Å². The number of likely N-dealkylation sites (tertiary alicyclic amines) is 1. The van der Waals surface area contributed by atoms with Crippen molar-refractivity contribution < 1.29 is 25.9 Å². The van der Waals surface area contributed by atoms with E-state index in [2.05, 4.69) is 4.90 Å². The molecule has 0 atom stereocenters. The highest BCUT2D eigenvalue weighted by atomic mass is 32.2. The monoisotopic (exact) mass is 477 g/mol. The Kier molecular flexibility index (Phi) is 8.42. The van der Waals surface area contributed by atoms with E-state index >= 15 is 0 Å². The summed E-state index contributed by atoms with van der Waals surface area (Å²) in [7, 11) is -5.56. The first kappa shape index (κ1) is 25.5. The molecule has 0 aliphatic carbocycles. The van der Waals surface area contributed by atoms with Crippen molar-refractivity contribution >= 4 is 31.3 Å². The number of non-ortho nitro benzene ring substituents is 1. The third-order valence-corrected chi connectivity index (χ3v) is 8.21. The van der Waals surface area contributed by atoms with Crippen LogP contribution >= 0.6 is 0 Å². The largest absolute Gasteiger partial charge is 0.368 e. The molecule has 2 rings (SSSR count). The number of hydrogen-bond acceptors (Lipinski definition) is 9. The number of anilines is 1. The second-order valence-electron chi connectivity index (χ2n) is 7.93. The summed E-state index contributed by atoms with van der Waals surface area (Å²) in [5.74, 6) is 0. The lowest BCUT2D eigenvalue weighted by Crippen LogP contribution is -2.38. The van der Waals surface area contributed by atoms with Gasteiger partial charge in [-0.05, 0) is 51.9 Å². The number of nitro benzene ring substituents is 1. The van der Waals surface area contributed by atoms with Crippen LogP contribution in [-0.4, -0.2) is 78.0 Å². The van der Waals surface area contributed by atoms with E-state index in [4.69, 9.17) is 4.18 Å². The zero-order valence-electron chi connectivity index (χ0n) is 18.4. The van der Waals surface area contributed by atoms with Gasteiger partial charge in [-0.3, -0.25) is 14.3 Å². The summed E-state index contributed by atoms with van der Waals surface area (Å²) in [6.07, 6.45) is 2.52. The number of aryl methyl sites for hydroxylation is 1. The Morgan fingerprint density at radius 1 is 1.19 bits per heavy atom. The van der Waals surface area contributed by atoms with Crippen LogP contribution in [-0.2, 0) is 24.1 Å². The second-order valence-corrected chi connectivity index (χ2v) is 11.8. The fourth-order valence-corrected chi connectivity index (χ4v) is 6.25. The summed E-state index contributed by atoms with van der Waals surface area (Å²) in [5.41, 5.74) is 0.550. The highest BCUT2D eigenvalue weighted by molar-refractivity contribution is 7.92. The number of benzene rings is 1. The van der Waals surface area contributed by atoms with Gasteiger partial charge in [0, 0.05) is 25.2 Å². The minimum atomic E-state index is -3.84. The Balaban J connectivity index is 2.55. The van der Waals surface area contributed by atoms with Crippen LogP contribution in [0, 0.1) is 17.0 Å². The molecule has 0 saturated carbocycles. The maximum atomic E-state index is 13.6. The fourth-order valence-electron chi connectivity index (χ4n) is 3.84. The molecule has 0 bridgehead atoms. The number of sulfone groups is 1. The summed E-state index contributed by atoms with van der Waals surface area (Å²) in [6, 6.07) is 2.49. The Morgan fingerprint density at radius 3 is 2.32 bits per heavy atom. The average Bonchev–Trinajstić information content (AvgIpc) is 2.66. The molecule has 1 aromatic rings. The van der Waals surface area contributed by atoms with E-state index in [0.29, 0.717) is 50.1 Å². The van der Waals surface area contributed by atoms with Crippen molar-refractivity contribution in [3.05, 3.63) is 27.8 Å². The van der Waals surface area contributed by atoms with Crippen LogP contribution < -0.4 is 4.90 Å². The molecule has 0 radical (unpaired) electrons. The van der Waals surface area contributed by atoms with Gasteiger partial charge in [-0.1, -0.05) is 6.92 Å². The first-order chi connectivity index (χ1) is 14.4. The smallest absolute Gasteiger partial charge is 0.271 e. The van der Waals surface area contributed by atoms with Crippen LogP contribution in [0.15, 0.2) is 17.0 Å². The van der Waals surface area contributed by atoms with Crippen LogP contribution in [0.1, 0.15) is 31.7 Å². The van der Waals surface area contributed by atoms with Crippen LogP contribution in [0.2, 0.25) is 0 Å². The standard InChI is InChI=1S/C19H31N3O7S2/c1-5-8-21(11-12-29-30(4,25)26)19-15(2)13-16(22(23)24)14-18(19)31(27,28)17-6-9-20(3)10-7-17/h13-14,17H,5-12H2,1-4H3. The van der Waals surface area contributed by atoms with E-state index < -0.39 is 30.1 Å². The molecule has 1 saturated heterocycles. The molecule has 0 aromatic heterocycles. The Labute approximate surface area is 184 Å². The molecule has 1 aliphatic heterocycles. The lowest BCUT2D eigenvalue weighted by molar-refractivity contribution is -0.385. The van der Waals surface area contributed by atoms with Crippen molar-refractivity contribution in [2.75, 3.05) is 51.0 Å². The second kappa shape index (κ2) is 10.2. The predicted molar refractivity (Wildman–Crippen MR) is 119 cm³/mol.